The van der Waals surface area contributed by atoms with Crippen molar-refractivity contribution < 1.29 is 9.52 Å². The Morgan fingerprint density at radius 2 is 1.63 bits per heavy atom. The Kier molecular flexibility index (Phi) is 3.10. The number of aliphatic hydroxyl groups is 1. The minimum Gasteiger partial charge on any atom is -0.458 e. The molecule has 2 aromatic carbocycles. The maximum Gasteiger partial charge on any atom is 0.134 e. The van der Waals surface area contributed by atoms with Crippen LogP contribution in [0.4, 0.5) is 0 Å². The first-order valence-electron chi connectivity index (χ1n) is 6.47. The molecule has 0 aliphatic carbocycles. The van der Waals surface area contributed by atoms with E-state index in [4.69, 9.17) is 4.42 Å². The van der Waals surface area contributed by atoms with Crippen molar-refractivity contribution in [2.45, 2.75) is 18.9 Å². The number of fused-ring (bicyclic) bond motifs is 1. The Hall–Kier alpha value is -2.06. The minimum absolute atomic E-state index is 0.00163. The lowest BCUT2D eigenvalue weighted by Gasteiger charge is -2.17. The predicted molar refractivity (Wildman–Crippen MR) is 76.0 cm³/mol. The van der Waals surface area contributed by atoms with Crippen molar-refractivity contribution in [1.82, 2.24) is 0 Å². The molecule has 2 heteroatoms. The van der Waals surface area contributed by atoms with E-state index in [2.05, 4.69) is 0 Å². The predicted octanol–water partition coefficient (Wildman–Crippen LogP) is 4.27. The first-order chi connectivity index (χ1) is 9.25. The van der Waals surface area contributed by atoms with E-state index in [9.17, 15) is 5.11 Å². The van der Waals surface area contributed by atoms with Gasteiger partial charge in [0.2, 0.25) is 0 Å². The summed E-state index contributed by atoms with van der Waals surface area (Å²) in [5.74, 6) is 0.624. The quantitative estimate of drug-likeness (QED) is 0.755. The molecule has 0 aliphatic rings. The lowest BCUT2D eigenvalue weighted by atomic mass is 9.94. The Balaban J connectivity index is 1.93. The molecule has 19 heavy (non-hydrogen) atoms. The lowest BCUT2D eigenvalue weighted by Crippen LogP contribution is -2.06. The molecule has 1 aromatic heterocycles. The largest absolute Gasteiger partial charge is 0.458 e. The summed E-state index contributed by atoms with van der Waals surface area (Å²) < 4.78 is 5.72. The van der Waals surface area contributed by atoms with Gasteiger partial charge in [-0.05, 0) is 17.7 Å². The van der Waals surface area contributed by atoms with Crippen LogP contribution in [0.1, 0.15) is 30.3 Å². The first-order valence-corrected chi connectivity index (χ1v) is 6.47. The van der Waals surface area contributed by atoms with Crippen molar-refractivity contribution in [3.05, 3.63) is 72.0 Å². The van der Waals surface area contributed by atoms with Gasteiger partial charge >= 0.3 is 0 Å². The summed E-state index contributed by atoms with van der Waals surface area (Å²) in [6.45, 7) is 2.01. The van der Waals surface area contributed by atoms with Crippen LogP contribution in [0.5, 0.6) is 0 Å². The van der Waals surface area contributed by atoms with Crippen molar-refractivity contribution in [3.63, 3.8) is 0 Å². The maximum absolute atomic E-state index is 10.4. The third-order valence-electron chi connectivity index (χ3n) is 3.54. The molecule has 0 saturated carbocycles. The van der Waals surface area contributed by atoms with Gasteiger partial charge in [0.1, 0.15) is 17.4 Å². The average molecular weight is 252 g/mol. The zero-order valence-electron chi connectivity index (χ0n) is 10.8. The van der Waals surface area contributed by atoms with Crippen LogP contribution < -0.4 is 0 Å². The molecule has 0 aliphatic heterocycles. The molecule has 3 aromatic rings. The molecule has 0 bridgehead atoms. The van der Waals surface area contributed by atoms with Gasteiger partial charge in [-0.25, -0.2) is 0 Å². The zero-order valence-corrected chi connectivity index (χ0v) is 10.8. The molecular weight excluding hydrogens is 236 g/mol. The highest BCUT2D eigenvalue weighted by atomic mass is 16.4. The molecule has 0 amide bonds. The van der Waals surface area contributed by atoms with Gasteiger partial charge in [-0.15, -0.1) is 0 Å². The highest BCUT2D eigenvalue weighted by Gasteiger charge is 2.21. The summed E-state index contributed by atoms with van der Waals surface area (Å²) in [6.07, 6.45) is -0.630. The van der Waals surface area contributed by atoms with Gasteiger partial charge in [-0.2, -0.15) is 0 Å². The van der Waals surface area contributed by atoms with E-state index in [1.54, 1.807) is 0 Å². The smallest absolute Gasteiger partial charge is 0.134 e. The fourth-order valence-corrected chi connectivity index (χ4v) is 2.33. The molecule has 2 nitrogen and oxygen atoms in total. The van der Waals surface area contributed by atoms with Crippen LogP contribution in [-0.4, -0.2) is 5.11 Å². The maximum atomic E-state index is 10.4. The second-order valence-corrected chi connectivity index (χ2v) is 4.83. The van der Waals surface area contributed by atoms with E-state index < -0.39 is 6.10 Å². The van der Waals surface area contributed by atoms with E-state index in [0.29, 0.717) is 5.76 Å². The highest BCUT2D eigenvalue weighted by Crippen LogP contribution is 2.33. The summed E-state index contributed by atoms with van der Waals surface area (Å²) in [7, 11) is 0. The summed E-state index contributed by atoms with van der Waals surface area (Å²) in [5, 5.41) is 11.5. The third kappa shape index (κ3) is 2.27. The molecule has 1 N–H and O–H groups in total. The monoisotopic (exact) mass is 252 g/mol. The third-order valence-corrected chi connectivity index (χ3v) is 3.54. The van der Waals surface area contributed by atoms with Crippen molar-refractivity contribution in [1.29, 1.82) is 0 Å². The first kappa shape index (κ1) is 12.0. The van der Waals surface area contributed by atoms with Gasteiger partial charge in [-0.3, -0.25) is 0 Å². The Bertz CT molecular complexity index is 637. The zero-order chi connectivity index (χ0) is 13.2. The normalized spacial score (nSPS) is 14.4. The Labute approximate surface area is 112 Å². The number of hydrogen-bond donors (Lipinski definition) is 1. The van der Waals surface area contributed by atoms with Gasteiger partial charge in [0.15, 0.2) is 0 Å². The van der Waals surface area contributed by atoms with Gasteiger partial charge in [-0.1, -0.05) is 55.5 Å². The minimum atomic E-state index is -0.630. The highest BCUT2D eigenvalue weighted by molar-refractivity contribution is 5.77. The second-order valence-electron chi connectivity index (χ2n) is 4.83. The molecular formula is C17H16O2. The van der Waals surface area contributed by atoms with E-state index in [0.717, 1.165) is 16.5 Å². The topological polar surface area (TPSA) is 33.4 Å². The van der Waals surface area contributed by atoms with Crippen molar-refractivity contribution in [3.8, 4) is 0 Å². The van der Waals surface area contributed by atoms with Crippen LogP contribution in [0.25, 0.3) is 11.0 Å². The lowest BCUT2D eigenvalue weighted by molar-refractivity contribution is 0.128. The Morgan fingerprint density at radius 3 is 2.37 bits per heavy atom. The van der Waals surface area contributed by atoms with Crippen LogP contribution in [0.2, 0.25) is 0 Å². The summed E-state index contributed by atoms with van der Waals surface area (Å²) >= 11 is 0. The van der Waals surface area contributed by atoms with Crippen LogP contribution >= 0.6 is 0 Å². The van der Waals surface area contributed by atoms with Crippen molar-refractivity contribution in [2.75, 3.05) is 0 Å². The van der Waals surface area contributed by atoms with E-state index in [-0.39, 0.29) is 5.92 Å². The van der Waals surface area contributed by atoms with Gasteiger partial charge in [0, 0.05) is 11.3 Å². The van der Waals surface area contributed by atoms with Gasteiger partial charge < -0.3 is 9.52 Å². The number of rotatable bonds is 3. The summed E-state index contributed by atoms with van der Waals surface area (Å²) in [5.41, 5.74) is 1.92. The molecule has 0 spiro atoms. The van der Waals surface area contributed by atoms with Gasteiger partial charge in [0.25, 0.3) is 0 Å². The van der Waals surface area contributed by atoms with E-state index in [1.165, 1.54) is 0 Å². The number of para-hydroxylation sites is 1. The number of aliphatic hydroxyl groups excluding tert-OH is 1. The van der Waals surface area contributed by atoms with E-state index >= 15 is 0 Å². The fourth-order valence-electron chi connectivity index (χ4n) is 2.33. The molecule has 2 unspecified atom stereocenters. The molecule has 0 fully saturated rings. The SMILES string of the molecule is CC(c1ccccc1)C(O)c1cc2ccccc2o1. The molecule has 0 radical (unpaired) electrons. The number of furan rings is 1. The van der Waals surface area contributed by atoms with Crippen LogP contribution in [0, 0.1) is 0 Å². The van der Waals surface area contributed by atoms with E-state index in [1.807, 2.05) is 67.6 Å². The molecule has 1 heterocycles. The number of hydrogen-bond acceptors (Lipinski definition) is 2. The number of benzene rings is 2. The fraction of sp³-hybridized carbons (Fsp3) is 0.176. The average Bonchev–Trinajstić information content (AvgIpc) is 2.90. The van der Waals surface area contributed by atoms with Crippen LogP contribution in [0.15, 0.2) is 65.1 Å². The summed E-state index contributed by atoms with van der Waals surface area (Å²) in [6, 6.07) is 19.7. The van der Waals surface area contributed by atoms with Gasteiger partial charge in [0.05, 0.1) is 0 Å². The second kappa shape index (κ2) is 4.90. The van der Waals surface area contributed by atoms with Crippen LogP contribution in [-0.2, 0) is 0 Å². The molecule has 96 valence electrons. The Morgan fingerprint density at radius 1 is 0.947 bits per heavy atom. The summed E-state index contributed by atoms with van der Waals surface area (Å²) in [4.78, 5) is 0. The van der Waals surface area contributed by atoms with Crippen LogP contribution in [0.3, 0.4) is 0 Å². The van der Waals surface area contributed by atoms with Crippen molar-refractivity contribution >= 4 is 11.0 Å². The van der Waals surface area contributed by atoms with Crippen molar-refractivity contribution in [2.24, 2.45) is 0 Å². The molecule has 3 rings (SSSR count). The molecule has 2 atom stereocenters. The molecule has 0 saturated heterocycles. The standard InChI is InChI=1S/C17H16O2/c1-12(13-7-3-2-4-8-13)17(18)16-11-14-9-5-6-10-15(14)19-16/h2-12,17-18H,1H3.